The zero-order valence-electron chi connectivity index (χ0n) is 8.57. The fraction of sp³-hybridized carbons (Fsp3) is 0.333. The molecule has 0 saturated heterocycles. The lowest BCUT2D eigenvalue weighted by Gasteiger charge is -1.96. The van der Waals surface area contributed by atoms with Crippen LogP contribution in [0.25, 0.3) is 0 Å². The van der Waals surface area contributed by atoms with Crippen LogP contribution in [0, 0.1) is 0 Å². The summed E-state index contributed by atoms with van der Waals surface area (Å²) in [6.07, 6.45) is 1.67. The van der Waals surface area contributed by atoms with Crippen molar-refractivity contribution in [3.63, 3.8) is 0 Å². The number of imidazole rings is 1. The third-order valence-corrected chi connectivity index (χ3v) is 1.86. The Kier molecular flexibility index (Phi) is 3.33. The molecule has 1 aromatic rings. The van der Waals surface area contributed by atoms with Gasteiger partial charge in [0.05, 0.1) is 12.0 Å². The number of carbonyl (C=O) groups excluding carboxylic acids is 2. The van der Waals surface area contributed by atoms with Gasteiger partial charge in [-0.3, -0.25) is 9.59 Å². The predicted molar refractivity (Wildman–Crippen MR) is 55.2 cm³/mol. The molecule has 0 aliphatic heterocycles. The lowest BCUT2D eigenvalue weighted by atomic mass is 10.2. The largest absolute Gasteiger partial charge is 0.364 e. The highest BCUT2D eigenvalue weighted by Crippen LogP contribution is 2.13. The number of primary amides is 1. The van der Waals surface area contributed by atoms with Crippen molar-refractivity contribution >= 4 is 23.2 Å². The summed E-state index contributed by atoms with van der Waals surface area (Å²) in [5.41, 5.74) is 5.50. The molecule has 0 unspecified atom stereocenters. The number of rotatable bonds is 4. The summed E-state index contributed by atoms with van der Waals surface area (Å²) < 4.78 is 0. The summed E-state index contributed by atoms with van der Waals surface area (Å²) >= 11 is 0. The Balaban J connectivity index is 3.03. The number of hydrogen-bond donors (Lipinski definition) is 2. The molecule has 0 aliphatic rings. The second kappa shape index (κ2) is 4.50. The Labute approximate surface area is 86.6 Å². The first-order valence-corrected chi connectivity index (χ1v) is 4.48. The van der Waals surface area contributed by atoms with Gasteiger partial charge in [-0.15, -0.1) is 0 Å². The number of aromatic nitrogens is 2. The molecule has 0 spiro atoms. The van der Waals surface area contributed by atoms with Crippen LogP contribution in [0.2, 0.25) is 0 Å². The quantitative estimate of drug-likeness (QED) is 0.707. The van der Waals surface area contributed by atoms with Crippen molar-refractivity contribution in [1.29, 1.82) is 0 Å². The van der Waals surface area contributed by atoms with Crippen molar-refractivity contribution < 1.29 is 9.59 Å². The van der Waals surface area contributed by atoms with Crippen LogP contribution in [0.1, 0.15) is 30.8 Å². The Morgan fingerprint density at radius 2 is 2.27 bits per heavy atom. The van der Waals surface area contributed by atoms with Crippen LogP contribution >= 0.6 is 0 Å². The molecule has 0 saturated carbocycles. The topological polar surface area (TPSA) is 101 Å². The highest BCUT2D eigenvalue weighted by molar-refractivity contribution is 6.39. The summed E-state index contributed by atoms with van der Waals surface area (Å²) in [4.78, 5) is 32.4. The van der Waals surface area contributed by atoms with E-state index in [-0.39, 0.29) is 17.3 Å². The van der Waals surface area contributed by atoms with Gasteiger partial charge in [0.15, 0.2) is 17.3 Å². The zero-order chi connectivity index (χ0) is 11.4. The first-order valence-electron chi connectivity index (χ1n) is 4.48. The van der Waals surface area contributed by atoms with Crippen LogP contribution in [0.15, 0.2) is 11.3 Å². The normalized spacial score (nSPS) is 11.5. The maximum absolute atomic E-state index is 11.2. The van der Waals surface area contributed by atoms with E-state index in [9.17, 15) is 9.59 Å². The van der Waals surface area contributed by atoms with E-state index in [1.807, 2.05) is 0 Å². The van der Waals surface area contributed by atoms with Crippen molar-refractivity contribution in [2.75, 3.05) is 0 Å². The third-order valence-electron chi connectivity index (χ3n) is 1.86. The lowest BCUT2D eigenvalue weighted by Crippen LogP contribution is -2.12. The third kappa shape index (κ3) is 2.49. The Hall–Kier alpha value is -1.98. The smallest absolute Gasteiger partial charge is 0.269 e. The van der Waals surface area contributed by atoms with Gasteiger partial charge in [0.2, 0.25) is 0 Å². The molecule has 80 valence electrons. The van der Waals surface area contributed by atoms with Gasteiger partial charge in [-0.25, -0.2) is 9.98 Å². The number of ketones is 1. The number of H-pyrrole nitrogens is 1. The van der Waals surface area contributed by atoms with Gasteiger partial charge in [-0.1, -0.05) is 6.92 Å². The standard InChI is InChI=1S/C9H12N4O2/c1-3-6(14)5(2)13-9-7(8(10)15)11-4-12-9/h4H,3H2,1-2H3,(H2,10,15)(H,11,12)/b13-5+. The van der Waals surface area contributed by atoms with Crippen LogP contribution < -0.4 is 5.73 Å². The van der Waals surface area contributed by atoms with Gasteiger partial charge in [0.1, 0.15) is 0 Å². The van der Waals surface area contributed by atoms with E-state index in [4.69, 9.17) is 5.73 Å². The lowest BCUT2D eigenvalue weighted by molar-refractivity contribution is -0.112. The summed E-state index contributed by atoms with van der Waals surface area (Å²) in [5, 5.41) is 0. The van der Waals surface area contributed by atoms with Crippen molar-refractivity contribution in [1.82, 2.24) is 9.97 Å². The minimum atomic E-state index is -0.650. The van der Waals surface area contributed by atoms with E-state index in [1.54, 1.807) is 13.8 Å². The Morgan fingerprint density at radius 3 is 2.80 bits per heavy atom. The van der Waals surface area contributed by atoms with E-state index in [0.29, 0.717) is 12.1 Å². The van der Waals surface area contributed by atoms with Crippen LogP contribution in [0.4, 0.5) is 5.82 Å². The SMILES string of the molecule is CCC(=O)/C(C)=N/c1nc[nH]c1C(N)=O. The number of Topliss-reactive ketones (excluding diaryl/α,β-unsaturated/α-hetero) is 1. The van der Waals surface area contributed by atoms with Crippen LogP contribution in [0.3, 0.4) is 0 Å². The maximum atomic E-state index is 11.2. The van der Waals surface area contributed by atoms with E-state index in [0.717, 1.165) is 0 Å². The highest BCUT2D eigenvalue weighted by atomic mass is 16.1. The number of carbonyl (C=O) groups is 2. The number of hydrogen-bond acceptors (Lipinski definition) is 4. The van der Waals surface area contributed by atoms with Gasteiger partial charge < -0.3 is 10.7 Å². The molecule has 0 aromatic carbocycles. The summed E-state index contributed by atoms with van der Waals surface area (Å²) in [6.45, 7) is 3.31. The molecule has 0 bridgehead atoms. The molecule has 1 heterocycles. The first kappa shape index (κ1) is 11.1. The molecular formula is C9H12N4O2. The van der Waals surface area contributed by atoms with E-state index < -0.39 is 5.91 Å². The zero-order valence-corrected chi connectivity index (χ0v) is 8.57. The number of nitrogens with zero attached hydrogens (tertiary/aromatic N) is 2. The fourth-order valence-corrected chi connectivity index (χ4v) is 1.03. The molecule has 0 fully saturated rings. The van der Waals surface area contributed by atoms with Crippen LogP contribution in [-0.4, -0.2) is 27.4 Å². The Morgan fingerprint density at radius 1 is 1.60 bits per heavy atom. The molecule has 1 amide bonds. The summed E-state index contributed by atoms with van der Waals surface area (Å²) in [7, 11) is 0. The molecule has 3 N–H and O–H groups in total. The van der Waals surface area contributed by atoms with Gasteiger partial charge in [-0.2, -0.15) is 0 Å². The van der Waals surface area contributed by atoms with Crippen molar-refractivity contribution in [2.24, 2.45) is 10.7 Å². The molecular weight excluding hydrogens is 196 g/mol. The Bertz CT molecular complexity index is 420. The second-order valence-corrected chi connectivity index (χ2v) is 2.94. The van der Waals surface area contributed by atoms with Crippen molar-refractivity contribution in [2.45, 2.75) is 20.3 Å². The monoisotopic (exact) mass is 208 g/mol. The van der Waals surface area contributed by atoms with Gasteiger partial charge in [-0.05, 0) is 6.92 Å². The fourth-order valence-electron chi connectivity index (χ4n) is 1.03. The number of nitrogens with two attached hydrogens (primary N) is 1. The van der Waals surface area contributed by atoms with Crippen molar-refractivity contribution in [3.05, 3.63) is 12.0 Å². The number of aliphatic imine (C=N–C) groups is 1. The van der Waals surface area contributed by atoms with E-state index in [2.05, 4.69) is 15.0 Å². The molecule has 1 rings (SSSR count). The molecule has 1 aromatic heterocycles. The summed E-state index contributed by atoms with van der Waals surface area (Å²) in [6, 6.07) is 0. The van der Waals surface area contributed by atoms with E-state index in [1.165, 1.54) is 6.33 Å². The summed E-state index contributed by atoms with van der Waals surface area (Å²) in [5.74, 6) is -0.585. The minimum absolute atomic E-state index is 0.0894. The van der Waals surface area contributed by atoms with Gasteiger partial charge >= 0.3 is 0 Å². The number of amides is 1. The van der Waals surface area contributed by atoms with Gasteiger partial charge in [0.25, 0.3) is 5.91 Å². The highest BCUT2D eigenvalue weighted by Gasteiger charge is 2.11. The average Bonchev–Trinajstić information content (AvgIpc) is 2.64. The van der Waals surface area contributed by atoms with Crippen molar-refractivity contribution in [3.8, 4) is 0 Å². The molecule has 6 heteroatoms. The molecule has 15 heavy (non-hydrogen) atoms. The molecule has 6 nitrogen and oxygen atoms in total. The maximum Gasteiger partial charge on any atom is 0.269 e. The first-order chi connectivity index (χ1) is 7.06. The predicted octanol–water partition coefficient (Wildman–Crippen LogP) is 0.580. The molecule has 0 atom stereocenters. The average molecular weight is 208 g/mol. The minimum Gasteiger partial charge on any atom is -0.364 e. The van der Waals surface area contributed by atoms with Gasteiger partial charge in [0, 0.05) is 6.42 Å². The molecule has 0 radical (unpaired) electrons. The van der Waals surface area contributed by atoms with E-state index >= 15 is 0 Å². The number of aromatic amines is 1. The number of nitrogens with one attached hydrogen (secondary N) is 1. The second-order valence-electron chi connectivity index (χ2n) is 2.94. The van der Waals surface area contributed by atoms with Crippen LogP contribution in [0.5, 0.6) is 0 Å². The molecule has 0 aliphatic carbocycles. The van der Waals surface area contributed by atoms with Crippen LogP contribution in [-0.2, 0) is 4.79 Å².